The molecule has 0 bridgehead atoms. The minimum atomic E-state index is -0.615. The predicted octanol–water partition coefficient (Wildman–Crippen LogP) is 1.32. The van der Waals surface area contributed by atoms with Crippen molar-refractivity contribution in [3.63, 3.8) is 0 Å². The fourth-order valence-electron chi connectivity index (χ4n) is 3.03. The molecule has 1 aliphatic rings. The Morgan fingerprint density at radius 3 is 2.16 bits per heavy atom. The lowest BCUT2D eigenvalue weighted by molar-refractivity contribution is -0.142. The van der Waals surface area contributed by atoms with Crippen LogP contribution in [0.2, 0.25) is 0 Å². The van der Waals surface area contributed by atoms with E-state index in [4.69, 9.17) is 4.74 Å². The van der Waals surface area contributed by atoms with Crippen LogP contribution in [0.3, 0.4) is 0 Å². The van der Waals surface area contributed by atoms with Gasteiger partial charge >= 0.3 is 6.09 Å². The van der Waals surface area contributed by atoms with Crippen LogP contribution in [0.4, 0.5) is 4.79 Å². The molecule has 0 spiro atoms. The van der Waals surface area contributed by atoms with Crippen molar-refractivity contribution in [1.82, 2.24) is 20.7 Å². The number of amides is 4. The van der Waals surface area contributed by atoms with Gasteiger partial charge in [-0.1, -0.05) is 48.5 Å². The number of benzene rings is 2. The van der Waals surface area contributed by atoms with E-state index >= 15 is 0 Å². The molecule has 2 N–H and O–H groups in total. The lowest BCUT2D eigenvalue weighted by Crippen LogP contribution is -2.49. The van der Waals surface area contributed by atoms with Crippen molar-refractivity contribution in [3.8, 4) is 0 Å². The van der Waals surface area contributed by atoms with Crippen LogP contribution in [0.15, 0.2) is 60.7 Å². The third kappa shape index (κ3) is 6.30. The van der Waals surface area contributed by atoms with E-state index in [0.717, 1.165) is 5.56 Å². The molecule has 2 aromatic rings. The molecular formula is C22H24N4O5. The summed E-state index contributed by atoms with van der Waals surface area (Å²) in [6.45, 7) is 0.280. The van der Waals surface area contributed by atoms with E-state index in [2.05, 4.69) is 10.6 Å². The maximum Gasteiger partial charge on any atom is 0.429 e. The van der Waals surface area contributed by atoms with Gasteiger partial charge in [-0.3, -0.25) is 14.4 Å². The topological polar surface area (TPSA) is 108 Å². The molecule has 31 heavy (non-hydrogen) atoms. The molecule has 1 saturated heterocycles. The van der Waals surface area contributed by atoms with E-state index in [9.17, 15) is 19.2 Å². The van der Waals surface area contributed by atoms with E-state index in [1.165, 1.54) is 10.0 Å². The second-order valence-electron chi connectivity index (χ2n) is 6.86. The summed E-state index contributed by atoms with van der Waals surface area (Å²) in [4.78, 5) is 48.8. The number of hydrogen-bond acceptors (Lipinski definition) is 5. The van der Waals surface area contributed by atoms with Crippen molar-refractivity contribution in [1.29, 1.82) is 0 Å². The summed E-state index contributed by atoms with van der Waals surface area (Å²) in [6.07, 6.45) is 0.00364. The zero-order chi connectivity index (χ0) is 22.1. The van der Waals surface area contributed by atoms with Crippen molar-refractivity contribution >= 4 is 23.8 Å². The lowest BCUT2D eigenvalue weighted by Gasteiger charge is -2.27. The quantitative estimate of drug-likeness (QED) is 0.697. The van der Waals surface area contributed by atoms with Crippen molar-refractivity contribution < 1.29 is 23.9 Å². The third-order valence-corrected chi connectivity index (χ3v) is 4.62. The fourth-order valence-corrected chi connectivity index (χ4v) is 3.03. The number of carbonyl (C=O) groups is 4. The smallest absolute Gasteiger partial charge is 0.429 e. The number of carbonyl (C=O) groups excluding carboxylic acids is 4. The molecule has 3 rings (SSSR count). The molecule has 0 unspecified atom stereocenters. The molecule has 4 amide bonds. The summed E-state index contributed by atoms with van der Waals surface area (Å²) in [5.41, 5.74) is 1.28. The average Bonchev–Trinajstić information content (AvgIpc) is 3.31. The van der Waals surface area contributed by atoms with Gasteiger partial charge in [0, 0.05) is 18.7 Å². The van der Waals surface area contributed by atoms with E-state index < -0.39 is 17.9 Å². The Labute approximate surface area is 179 Å². The maximum atomic E-state index is 12.5. The number of hydrogen-bond donors (Lipinski definition) is 2. The predicted molar refractivity (Wildman–Crippen MR) is 111 cm³/mol. The molecule has 2 aromatic carbocycles. The highest BCUT2D eigenvalue weighted by Gasteiger charge is 2.31. The molecule has 1 heterocycles. The Morgan fingerprint density at radius 2 is 1.45 bits per heavy atom. The van der Waals surface area contributed by atoms with E-state index in [1.54, 1.807) is 30.3 Å². The Bertz CT molecular complexity index is 920. The minimum absolute atomic E-state index is 0.107. The molecular weight excluding hydrogens is 400 g/mol. The fraction of sp³-hybridized carbons (Fsp3) is 0.273. The first-order valence-corrected chi connectivity index (χ1v) is 9.93. The Kier molecular flexibility index (Phi) is 7.58. The van der Waals surface area contributed by atoms with Crippen LogP contribution in [0.1, 0.15) is 22.3 Å². The first-order valence-electron chi connectivity index (χ1n) is 9.93. The van der Waals surface area contributed by atoms with Crippen molar-refractivity contribution in [2.24, 2.45) is 0 Å². The first kappa shape index (κ1) is 21.8. The van der Waals surface area contributed by atoms with Gasteiger partial charge in [0.15, 0.2) is 0 Å². The highest BCUT2D eigenvalue weighted by molar-refractivity contribution is 5.96. The van der Waals surface area contributed by atoms with Crippen molar-refractivity contribution in [2.45, 2.75) is 13.0 Å². The first-order chi connectivity index (χ1) is 15.0. The number of ether oxygens (including phenoxy) is 1. The second kappa shape index (κ2) is 10.8. The second-order valence-corrected chi connectivity index (χ2v) is 6.86. The van der Waals surface area contributed by atoms with Gasteiger partial charge in [-0.25, -0.2) is 14.8 Å². The zero-order valence-electron chi connectivity index (χ0n) is 17.0. The molecule has 0 aliphatic carbocycles. The maximum absolute atomic E-state index is 12.5. The highest BCUT2D eigenvalue weighted by Crippen LogP contribution is 2.13. The van der Waals surface area contributed by atoms with Crippen LogP contribution in [0.5, 0.6) is 0 Å². The van der Waals surface area contributed by atoms with Gasteiger partial charge in [-0.15, -0.1) is 0 Å². The van der Waals surface area contributed by atoms with Gasteiger partial charge in [-0.05, 0) is 24.1 Å². The summed E-state index contributed by atoms with van der Waals surface area (Å²) >= 11 is 0. The molecule has 0 radical (unpaired) electrons. The van der Waals surface area contributed by atoms with Crippen LogP contribution in [0.25, 0.3) is 0 Å². The number of hydrazine groups is 1. The van der Waals surface area contributed by atoms with Crippen LogP contribution in [-0.2, 0) is 20.9 Å². The summed E-state index contributed by atoms with van der Waals surface area (Å²) in [6, 6.07) is 17.7. The van der Waals surface area contributed by atoms with Gasteiger partial charge in [0.2, 0.25) is 5.91 Å². The average molecular weight is 424 g/mol. The summed E-state index contributed by atoms with van der Waals surface area (Å²) < 4.78 is 5.28. The number of nitrogens with one attached hydrogen (secondary N) is 2. The third-order valence-electron chi connectivity index (χ3n) is 4.62. The van der Waals surface area contributed by atoms with E-state index in [0.29, 0.717) is 25.1 Å². The van der Waals surface area contributed by atoms with Crippen LogP contribution < -0.4 is 10.6 Å². The standard InChI is InChI=1S/C22H24N4O5/c27-19(14-24-21(29)18-10-5-2-6-11-18)23-15-20(28)25-12-7-13-26(25)22(30)31-16-17-8-3-1-4-9-17/h1-6,8-11H,7,12-16H2,(H,23,27)(H,24,29). The molecule has 1 fully saturated rings. The van der Waals surface area contributed by atoms with Gasteiger partial charge < -0.3 is 15.4 Å². The van der Waals surface area contributed by atoms with Gasteiger partial charge in [0.25, 0.3) is 11.8 Å². The number of nitrogens with zero attached hydrogens (tertiary/aromatic N) is 2. The molecule has 0 atom stereocenters. The Hall–Kier alpha value is -3.88. The summed E-state index contributed by atoms with van der Waals surface area (Å²) in [5, 5.41) is 7.47. The summed E-state index contributed by atoms with van der Waals surface area (Å²) in [5.74, 6) is -1.32. The van der Waals surface area contributed by atoms with E-state index in [1.807, 2.05) is 30.3 Å². The molecule has 0 aromatic heterocycles. The van der Waals surface area contributed by atoms with Crippen LogP contribution >= 0.6 is 0 Å². The normalized spacial score (nSPS) is 12.9. The monoisotopic (exact) mass is 424 g/mol. The molecule has 9 heteroatoms. The largest absolute Gasteiger partial charge is 0.443 e. The van der Waals surface area contributed by atoms with Gasteiger partial charge in [0.05, 0.1) is 13.1 Å². The summed E-state index contributed by atoms with van der Waals surface area (Å²) in [7, 11) is 0. The van der Waals surface area contributed by atoms with Crippen LogP contribution in [0, 0.1) is 0 Å². The van der Waals surface area contributed by atoms with E-state index in [-0.39, 0.29) is 25.6 Å². The Morgan fingerprint density at radius 1 is 0.806 bits per heavy atom. The highest BCUT2D eigenvalue weighted by atomic mass is 16.6. The van der Waals surface area contributed by atoms with Gasteiger partial charge in [-0.2, -0.15) is 0 Å². The Balaban J connectivity index is 1.42. The number of rotatable bonds is 7. The van der Waals surface area contributed by atoms with Crippen LogP contribution in [-0.4, -0.2) is 60.0 Å². The minimum Gasteiger partial charge on any atom is -0.443 e. The SMILES string of the molecule is O=C(CNC(=O)c1ccccc1)NCC(=O)N1CCCN1C(=O)OCc1ccccc1. The molecule has 162 valence electrons. The van der Waals surface area contributed by atoms with Crippen molar-refractivity contribution in [2.75, 3.05) is 26.2 Å². The zero-order valence-corrected chi connectivity index (χ0v) is 17.0. The van der Waals surface area contributed by atoms with Crippen molar-refractivity contribution in [3.05, 3.63) is 71.8 Å². The molecule has 9 nitrogen and oxygen atoms in total. The molecule has 1 aliphatic heterocycles. The molecule has 0 saturated carbocycles. The lowest BCUT2D eigenvalue weighted by atomic mass is 10.2. The van der Waals surface area contributed by atoms with Gasteiger partial charge in [0.1, 0.15) is 6.61 Å².